The molecule has 5 nitrogen and oxygen atoms in total. The third-order valence-corrected chi connectivity index (χ3v) is 5.92. The maximum absolute atomic E-state index is 12.9. The SMILES string of the molecule is COc1cccc(NC(=O)CSc2ccccc2C(=O)NC(C)c2ccccc2C)c1. The Hall–Kier alpha value is -3.25. The quantitative estimate of drug-likeness (QED) is 0.477. The van der Waals surface area contributed by atoms with E-state index in [0.29, 0.717) is 17.0 Å². The molecule has 1 atom stereocenters. The molecular weight excluding hydrogens is 408 g/mol. The van der Waals surface area contributed by atoms with Gasteiger partial charge in [-0.25, -0.2) is 0 Å². The Bertz CT molecular complexity index is 1070. The van der Waals surface area contributed by atoms with Gasteiger partial charge in [0.1, 0.15) is 5.75 Å². The van der Waals surface area contributed by atoms with Gasteiger partial charge in [-0.1, -0.05) is 42.5 Å². The van der Waals surface area contributed by atoms with Crippen LogP contribution in [0.4, 0.5) is 5.69 Å². The Morgan fingerprint density at radius 2 is 1.74 bits per heavy atom. The highest BCUT2D eigenvalue weighted by Crippen LogP contribution is 2.25. The third kappa shape index (κ3) is 6.12. The lowest BCUT2D eigenvalue weighted by atomic mass is 10.0. The van der Waals surface area contributed by atoms with Crippen molar-refractivity contribution in [3.05, 3.63) is 89.5 Å². The molecule has 0 saturated carbocycles. The van der Waals surface area contributed by atoms with Gasteiger partial charge in [0.05, 0.1) is 24.5 Å². The molecule has 3 aromatic rings. The van der Waals surface area contributed by atoms with E-state index in [9.17, 15) is 9.59 Å². The predicted octanol–water partition coefficient (Wildman–Crippen LogP) is 5.23. The molecule has 0 aromatic heterocycles. The van der Waals surface area contributed by atoms with Crippen molar-refractivity contribution in [3.8, 4) is 5.75 Å². The fourth-order valence-corrected chi connectivity index (χ4v) is 4.10. The minimum atomic E-state index is -0.160. The molecule has 0 fully saturated rings. The maximum Gasteiger partial charge on any atom is 0.252 e. The average Bonchev–Trinajstić information content (AvgIpc) is 2.78. The number of methoxy groups -OCH3 is 1. The Balaban J connectivity index is 1.63. The number of nitrogens with one attached hydrogen (secondary N) is 2. The first-order valence-electron chi connectivity index (χ1n) is 10.00. The monoisotopic (exact) mass is 434 g/mol. The largest absolute Gasteiger partial charge is 0.497 e. The summed E-state index contributed by atoms with van der Waals surface area (Å²) in [7, 11) is 1.58. The second-order valence-electron chi connectivity index (χ2n) is 7.12. The van der Waals surface area contributed by atoms with Crippen LogP contribution in [0.2, 0.25) is 0 Å². The average molecular weight is 435 g/mol. The summed E-state index contributed by atoms with van der Waals surface area (Å²) in [4.78, 5) is 26.1. The van der Waals surface area contributed by atoms with Gasteiger partial charge >= 0.3 is 0 Å². The molecule has 31 heavy (non-hydrogen) atoms. The van der Waals surface area contributed by atoms with Gasteiger partial charge in [0.2, 0.25) is 5.91 Å². The van der Waals surface area contributed by atoms with Crippen LogP contribution >= 0.6 is 11.8 Å². The second kappa shape index (κ2) is 10.7. The van der Waals surface area contributed by atoms with Gasteiger partial charge in [0.15, 0.2) is 0 Å². The van der Waals surface area contributed by atoms with Crippen molar-refractivity contribution >= 4 is 29.3 Å². The number of thioether (sulfide) groups is 1. The molecule has 0 aliphatic rings. The van der Waals surface area contributed by atoms with Crippen LogP contribution in [0.15, 0.2) is 77.7 Å². The number of ether oxygens (including phenoxy) is 1. The van der Waals surface area contributed by atoms with E-state index in [-0.39, 0.29) is 23.6 Å². The Morgan fingerprint density at radius 3 is 2.52 bits per heavy atom. The van der Waals surface area contributed by atoms with Gasteiger partial charge in [0, 0.05) is 16.6 Å². The van der Waals surface area contributed by atoms with E-state index < -0.39 is 0 Å². The van der Waals surface area contributed by atoms with Crippen LogP contribution in [0.3, 0.4) is 0 Å². The molecule has 0 saturated heterocycles. The van der Waals surface area contributed by atoms with Crippen LogP contribution in [-0.4, -0.2) is 24.7 Å². The van der Waals surface area contributed by atoms with Crippen molar-refractivity contribution < 1.29 is 14.3 Å². The van der Waals surface area contributed by atoms with Crippen molar-refractivity contribution in [1.82, 2.24) is 5.32 Å². The molecule has 0 heterocycles. The Labute approximate surface area is 187 Å². The number of hydrogen-bond acceptors (Lipinski definition) is 4. The molecule has 3 aromatic carbocycles. The number of benzene rings is 3. The van der Waals surface area contributed by atoms with Crippen molar-refractivity contribution in [1.29, 1.82) is 0 Å². The number of amides is 2. The molecule has 160 valence electrons. The van der Waals surface area contributed by atoms with E-state index >= 15 is 0 Å². The first kappa shape index (κ1) is 22.4. The van der Waals surface area contributed by atoms with E-state index in [1.807, 2.05) is 68.4 Å². The summed E-state index contributed by atoms with van der Waals surface area (Å²) in [5.74, 6) is 0.554. The first-order valence-corrected chi connectivity index (χ1v) is 11.0. The molecule has 2 amide bonds. The molecule has 0 aliphatic carbocycles. The fourth-order valence-electron chi connectivity index (χ4n) is 3.25. The van der Waals surface area contributed by atoms with Gasteiger partial charge in [-0.3, -0.25) is 9.59 Å². The smallest absolute Gasteiger partial charge is 0.252 e. The molecular formula is C25H26N2O3S. The zero-order chi connectivity index (χ0) is 22.2. The zero-order valence-electron chi connectivity index (χ0n) is 17.8. The molecule has 1 unspecified atom stereocenters. The second-order valence-corrected chi connectivity index (χ2v) is 8.13. The highest BCUT2D eigenvalue weighted by Gasteiger charge is 2.16. The summed E-state index contributed by atoms with van der Waals surface area (Å²) < 4.78 is 5.18. The Morgan fingerprint density at radius 1 is 1.00 bits per heavy atom. The van der Waals surface area contributed by atoms with Crippen molar-refractivity contribution in [2.75, 3.05) is 18.2 Å². The topological polar surface area (TPSA) is 67.4 Å². The van der Waals surface area contributed by atoms with Crippen LogP contribution in [0.1, 0.15) is 34.5 Å². The van der Waals surface area contributed by atoms with Gasteiger partial charge in [0.25, 0.3) is 5.91 Å². The number of carbonyl (C=O) groups excluding carboxylic acids is 2. The highest BCUT2D eigenvalue weighted by molar-refractivity contribution is 8.00. The Kier molecular flexibility index (Phi) is 7.73. The van der Waals surface area contributed by atoms with Gasteiger partial charge in [-0.15, -0.1) is 11.8 Å². The fraction of sp³-hybridized carbons (Fsp3) is 0.200. The summed E-state index contributed by atoms with van der Waals surface area (Å²) in [6.07, 6.45) is 0. The van der Waals surface area contributed by atoms with E-state index in [1.54, 1.807) is 25.3 Å². The number of carbonyl (C=O) groups is 2. The van der Waals surface area contributed by atoms with Gasteiger partial charge < -0.3 is 15.4 Å². The van der Waals surface area contributed by atoms with E-state index in [4.69, 9.17) is 4.74 Å². The molecule has 0 bridgehead atoms. The lowest BCUT2D eigenvalue weighted by Gasteiger charge is -2.17. The summed E-state index contributed by atoms with van der Waals surface area (Å²) in [6, 6.07) is 22.4. The van der Waals surface area contributed by atoms with E-state index in [1.165, 1.54) is 11.8 Å². The molecule has 0 spiro atoms. The molecule has 6 heteroatoms. The van der Waals surface area contributed by atoms with Gasteiger partial charge in [-0.05, 0) is 49.2 Å². The van der Waals surface area contributed by atoms with Crippen LogP contribution in [0.5, 0.6) is 5.75 Å². The zero-order valence-corrected chi connectivity index (χ0v) is 18.7. The molecule has 0 radical (unpaired) electrons. The van der Waals surface area contributed by atoms with Crippen LogP contribution in [0.25, 0.3) is 0 Å². The predicted molar refractivity (Wildman–Crippen MR) is 126 cm³/mol. The highest BCUT2D eigenvalue weighted by atomic mass is 32.2. The number of hydrogen-bond donors (Lipinski definition) is 2. The summed E-state index contributed by atoms with van der Waals surface area (Å²) in [5, 5.41) is 5.92. The lowest BCUT2D eigenvalue weighted by molar-refractivity contribution is -0.113. The molecule has 2 N–H and O–H groups in total. The molecule has 0 aliphatic heterocycles. The van der Waals surface area contributed by atoms with Crippen molar-refractivity contribution in [2.24, 2.45) is 0 Å². The van der Waals surface area contributed by atoms with Crippen molar-refractivity contribution in [3.63, 3.8) is 0 Å². The number of aryl methyl sites for hydroxylation is 1. The number of rotatable bonds is 8. The number of anilines is 1. The van der Waals surface area contributed by atoms with Crippen LogP contribution < -0.4 is 15.4 Å². The van der Waals surface area contributed by atoms with Gasteiger partial charge in [-0.2, -0.15) is 0 Å². The summed E-state index contributed by atoms with van der Waals surface area (Å²) in [5.41, 5.74) is 3.44. The normalized spacial score (nSPS) is 11.5. The minimum Gasteiger partial charge on any atom is -0.497 e. The van der Waals surface area contributed by atoms with E-state index in [0.717, 1.165) is 16.0 Å². The van der Waals surface area contributed by atoms with Crippen LogP contribution in [-0.2, 0) is 4.79 Å². The van der Waals surface area contributed by atoms with Crippen molar-refractivity contribution in [2.45, 2.75) is 24.8 Å². The first-order chi connectivity index (χ1) is 15.0. The van der Waals surface area contributed by atoms with E-state index in [2.05, 4.69) is 10.6 Å². The third-order valence-electron chi connectivity index (χ3n) is 4.85. The summed E-state index contributed by atoms with van der Waals surface area (Å²) in [6.45, 7) is 4.00. The maximum atomic E-state index is 12.9. The molecule has 3 rings (SSSR count). The minimum absolute atomic E-state index is 0.122. The standard InChI is InChI=1S/C25H26N2O3S/c1-17-9-4-5-12-21(17)18(2)26-25(29)22-13-6-7-14-23(22)31-16-24(28)27-19-10-8-11-20(15-19)30-3/h4-15,18H,16H2,1-3H3,(H,26,29)(H,27,28). The van der Waals surface area contributed by atoms with Crippen LogP contribution in [0, 0.1) is 6.92 Å². The lowest BCUT2D eigenvalue weighted by Crippen LogP contribution is -2.27. The summed E-state index contributed by atoms with van der Waals surface area (Å²) >= 11 is 1.33.